The molecule has 0 aliphatic heterocycles. The molecule has 0 aromatic carbocycles. The first kappa shape index (κ1) is 13.3. The van der Waals surface area contributed by atoms with Crippen LogP contribution in [-0.2, 0) is 4.74 Å². The first-order valence-electron chi connectivity index (χ1n) is 6.84. The minimum atomic E-state index is 0.333. The van der Waals surface area contributed by atoms with Gasteiger partial charge in [0.05, 0.1) is 12.2 Å². The molecular weight excluding hydrogens is 226 g/mol. The topological polar surface area (TPSA) is 47.0 Å². The Bertz CT molecular complexity index is 356. The van der Waals surface area contributed by atoms with Crippen molar-refractivity contribution >= 4 is 5.95 Å². The van der Waals surface area contributed by atoms with E-state index in [0.717, 1.165) is 37.2 Å². The highest BCUT2D eigenvalue weighted by Gasteiger charge is 2.22. The minimum absolute atomic E-state index is 0.333. The average molecular weight is 249 g/mol. The van der Waals surface area contributed by atoms with E-state index in [2.05, 4.69) is 29.1 Å². The van der Waals surface area contributed by atoms with E-state index in [9.17, 15) is 0 Å². The van der Waals surface area contributed by atoms with Crippen LogP contribution < -0.4 is 5.32 Å². The van der Waals surface area contributed by atoms with Crippen molar-refractivity contribution in [1.82, 2.24) is 9.97 Å². The number of nitrogens with zero attached hydrogens (tertiary/aromatic N) is 2. The number of nitrogens with one attached hydrogen (secondary N) is 1. The summed E-state index contributed by atoms with van der Waals surface area (Å²) in [6, 6.07) is 0.486. The van der Waals surface area contributed by atoms with E-state index in [1.807, 2.05) is 19.3 Å². The molecule has 4 heteroatoms. The van der Waals surface area contributed by atoms with Crippen molar-refractivity contribution in [1.29, 1.82) is 0 Å². The quantitative estimate of drug-likeness (QED) is 0.891. The Morgan fingerprint density at radius 1 is 1.17 bits per heavy atom. The number of hydrogen-bond acceptors (Lipinski definition) is 4. The van der Waals surface area contributed by atoms with Gasteiger partial charge < -0.3 is 10.1 Å². The molecule has 18 heavy (non-hydrogen) atoms. The van der Waals surface area contributed by atoms with Gasteiger partial charge in [-0.2, -0.15) is 0 Å². The van der Waals surface area contributed by atoms with Gasteiger partial charge in [0, 0.05) is 18.4 Å². The van der Waals surface area contributed by atoms with Gasteiger partial charge in [-0.15, -0.1) is 0 Å². The summed E-state index contributed by atoms with van der Waals surface area (Å²) in [5.41, 5.74) is 1.09. The number of ether oxygens (including phenoxy) is 1. The monoisotopic (exact) mass is 249 g/mol. The average Bonchev–Trinajstić information content (AvgIpc) is 2.34. The van der Waals surface area contributed by atoms with Crippen molar-refractivity contribution in [2.75, 3.05) is 5.32 Å². The van der Waals surface area contributed by atoms with Gasteiger partial charge in [-0.05, 0) is 52.0 Å². The molecule has 1 aliphatic rings. The van der Waals surface area contributed by atoms with E-state index < -0.39 is 0 Å². The second-order valence-corrected chi connectivity index (χ2v) is 5.39. The third kappa shape index (κ3) is 3.95. The SMILES string of the molecule is Cc1cnc(NC2CCC(OC(C)C)CC2)nc1. The van der Waals surface area contributed by atoms with Crippen molar-refractivity contribution in [3.8, 4) is 0 Å². The van der Waals surface area contributed by atoms with Crippen LogP contribution >= 0.6 is 0 Å². The molecule has 1 aromatic heterocycles. The fraction of sp³-hybridized carbons (Fsp3) is 0.714. The second-order valence-electron chi connectivity index (χ2n) is 5.39. The summed E-state index contributed by atoms with van der Waals surface area (Å²) in [5, 5.41) is 3.40. The zero-order valence-electron chi connectivity index (χ0n) is 11.5. The van der Waals surface area contributed by atoms with E-state index in [0.29, 0.717) is 18.2 Å². The van der Waals surface area contributed by atoms with Crippen LogP contribution in [0.25, 0.3) is 0 Å². The van der Waals surface area contributed by atoms with Gasteiger partial charge in [0.25, 0.3) is 0 Å². The van der Waals surface area contributed by atoms with E-state index in [-0.39, 0.29) is 0 Å². The minimum Gasteiger partial charge on any atom is -0.376 e. The highest BCUT2D eigenvalue weighted by atomic mass is 16.5. The highest BCUT2D eigenvalue weighted by molar-refractivity contribution is 5.26. The Morgan fingerprint density at radius 2 is 1.78 bits per heavy atom. The van der Waals surface area contributed by atoms with Gasteiger partial charge in [-0.3, -0.25) is 0 Å². The summed E-state index contributed by atoms with van der Waals surface area (Å²) in [5.74, 6) is 0.744. The second kappa shape index (κ2) is 6.14. The van der Waals surface area contributed by atoms with Crippen LogP contribution in [-0.4, -0.2) is 28.2 Å². The van der Waals surface area contributed by atoms with Crippen LogP contribution in [0, 0.1) is 6.92 Å². The first-order chi connectivity index (χ1) is 8.63. The number of anilines is 1. The third-order valence-electron chi connectivity index (χ3n) is 3.25. The van der Waals surface area contributed by atoms with Crippen LogP contribution in [0.2, 0.25) is 0 Å². The van der Waals surface area contributed by atoms with E-state index in [1.165, 1.54) is 0 Å². The van der Waals surface area contributed by atoms with Crippen LogP contribution in [0.1, 0.15) is 45.1 Å². The first-order valence-corrected chi connectivity index (χ1v) is 6.84. The summed E-state index contributed by atoms with van der Waals surface area (Å²) in [6.45, 7) is 6.20. The number of rotatable bonds is 4. The molecule has 0 unspecified atom stereocenters. The normalized spacial score (nSPS) is 24.2. The van der Waals surface area contributed by atoms with Crippen molar-refractivity contribution in [2.24, 2.45) is 0 Å². The van der Waals surface area contributed by atoms with E-state index in [4.69, 9.17) is 4.74 Å². The van der Waals surface area contributed by atoms with Crippen molar-refractivity contribution in [2.45, 2.75) is 64.7 Å². The molecule has 4 nitrogen and oxygen atoms in total. The number of aromatic nitrogens is 2. The summed E-state index contributed by atoms with van der Waals surface area (Å²) < 4.78 is 5.85. The largest absolute Gasteiger partial charge is 0.376 e. The fourth-order valence-electron chi connectivity index (χ4n) is 2.38. The smallest absolute Gasteiger partial charge is 0.222 e. The molecule has 1 fully saturated rings. The van der Waals surface area contributed by atoms with Gasteiger partial charge in [0.1, 0.15) is 0 Å². The Hall–Kier alpha value is -1.16. The van der Waals surface area contributed by atoms with Crippen LogP contribution in [0.5, 0.6) is 0 Å². The van der Waals surface area contributed by atoms with Crippen molar-refractivity contribution < 1.29 is 4.74 Å². The zero-order valence-corrected chi connectivity index (χ0v) is 11.5. The maximum Gasteiger partial charge on any atom is 0.222 e. The Morgan fingerprint density at radius 3 is 2.33 bits per heavy atom. The molecule has 0 bridgehead atoms. The molecule has 0 radical (unpaired) electrons. The lowest BCUT2D eigenvalue weighted by molar-refractivity contribution is -0.0133. The number of aryl methyl sites for hydroxylation is 1. The molecular formula is C14H23N3O. The summed E-state index contributed by atoms with van der Waals surface area (Å²) >= 11 is 0. The lowest BCUT2D eigenvalue weighted by Crippen LogP contribution is -2.31. The maximum absolute atomic E-state index is 5.85. The Balaban J connectivity index is 1.78. The molecule has 1 saturated carbocycles. The maximum atomic E-state index is 5.85. The summed E-state index contributed by atoms with van der Waals surface area (Å²) in [4.78, 5) is 8.57. The third-order valence-corrected chi connectivity index (χ3v) is 3.25. The molecule has 1 aliphatic carbocycles. The lowest BCUT2D eigenvalue weighted by Gasteiger charge is -2.30. The Labute approximate surface area is 109 Å². The molecule has 1 heterocycles. The summed E-state index contributed by atoms with van der Waals surface area (Å²) in [7, 11) is 0. The van der Waals surface area contributed by atoms with Gasteiger partial charge in [0.15, 0.2) is 0 Å². The predicted molar refractivity (Wildman–Crippen MR) is 72.7 cm³/mol. The predicted octanol–water partition coefficient (Wildman–Crippen LogP) is 2.93. The van der Waals surface area contributed by atoms with Crippen LogP contribution in [0.3, 0.4) is 0 Å². The van der Waals surface area contributed by atoms with Gasteiger partial charge in [-0.1, -0.05) is 0 Å². The van der Waals surface area contributed by atoms with Crippen molar-refractivity contribution in [3.63, 3.8) is 0 Å². The number of hydrogen-bond donors (Lipinski definition) is 1. The lowest BCUT2D eigenvalue weighted by atomic mass is 9.93. The Kier molecular flexibility index (Phi) is 4.53. The highest BCUT2D eigenvalue weighted by Crippen LogP contribution is 2.24. The molecule has 0 atom stereocenters. The van der Waals surface area contributed by atoms with E-state index >= 15 is 0 Å². The molecule has 0 spiro atoms. The van der Waals surface area contributed by atoms with Gasteiger partial charge in [-0.25, -0.2) is 9.97 Å². The molecule has 1 aromatic rings. The fourth-order valence-corrected chi connectivity index (χ4v) is 2.38. The van der Waals surface area contributed by atoms with Gasteiger partial charge in [0.2, 0.25) is 5.95 Å². The molecule has 0 saturated heterocycles. The zero-order chi connectivity index (χ0) is 13.0. The molecule has 100 valence electrons. The molecule has 0 amide bonds. The van der Waals surface area contributed by atoms with Crippen molar-refractivity contribution in [3.05, 3.63) is 18.0 Å². The standard InChI is InChI=1S/C14H23N3O/c1-10(2)18-13-6-4-12(5-7-13)17-14-15-8-11(3)9-16-14/h8-10,12-13H,4-7H2,1-3H3,(H,15,16,17). The van der Waals surface area contributed by atoms with Crippen LogP contribution in [0.4, 0.5) is 5.95 Å². The molecule has 1 N–H and O–H groups in total. The van der Waals surface area contributed by atoms with E-state index in [1.54, 1.807) is 0 Å². The summed E-state index contributed by atoms with van der Waals surface area (Å²) in [6.07, 6.45) is 8.99. The molecule has 2 rings (SSSR count). The van der Waals surface area contributed by atoms with Gasteiger partial charge >= 0.3 is 0 Å². The van der Waals surface area contributed by atoms with Crippen LogP contribution in [0.15, 0.2) is 12.4 Å².